The van der Waals surface area contributed by atoms with Crippen LogP contribution in [0.25, 0.3) is 0 Å². The lowest BCUT2D eigenvalue weighted by Gasteiger charge is -2.15. The van der Waals surface area contributed by atoms with Crippen LogP contribution in [-0.2, 0) is 11.8 Å². The van der Waals surface area contributed by atoms with Crippen molar-refractivity contribution < 1.29 is 5.09 Å². The van der Waals surface area contributed by atoms with Gasteiger partial charge < -0.3 is 11.1 Å². The van der Waals surface area contributed by atoms with Gasteiger partial charge in [-0.05, 0) is 30.4 Å². The van der Waals surface area contributed by atoms with E-state index in [9.17, 15) is 0 Å². The monoisotopic (exact) mass is 256 g/mol. The average molecular weight is 256 g/mol. The van der Waals surface area contributed by atoms with Crippen LogP contribution in [-0.4, -0.2) is 18.3 Å². The molecular formula is C6H19N5PS2+. The Kier molecular flexibility index (Phi) is 7.62. The molecule has 8 heteroatoms. The molecule has 0 aromatic rings. The zero-order valence-electron chi connectivity index (χ0n) is 8.32. The third kappa shape index (κ3) is 8.80. The smallest absolute Gasteiger partial charge is 0.249 e. The molecule has 0 bridgehead atoms. The van der Waals surface area contributed by atoms with Crippen LogP contribution in [0.15, 0.2) is 0 Å². The van der Waals surface area contributed by atoms with Crippen LogP contribution >= 0.6 is 18.7 Å². The lowest BCUT2D eigenvalue weighted by Crippen LogP contribution is -2.86. The van der Waals surface area contributed by atoms with Crippen molar-refractivity contribution in [3.63, 3.8) is 0 Å². The molecule has 0 aromatic heterocycles. The summed E-state index contributed by atoms with van der Waals surface area (Å²) in [4.78, 5) is 0. The van der Waals surface area contributed by atoms with Crippen molar-refractivity contribution in [1.82, 2.24) is 10.4 Å². The predicted molar refractivity (Wildman–Crippen MR) is 68.1 cm³/mol. The molecule has 0 spiro atoms. The van der Waals surface area contributed by atoms with Gasteiger partial charge in [-0.2, -0.15) is 0 Å². The number of rotatable bonds is 7. The first-order valence-electron chi connectivity index (χ1n) is 4.49. The lowest BCUT2D eigenvalue weighted by molar-refractivity contribution is -0.502. The zero-order valence-corrected chi connectivity index (χ0v) is 10.9. The first-order valence-corrected chi connectivity index (χ1v) is 7.84. The number of unbranched alkanes of at least 4 members (excludes halogenated alkanes) is 1. The molecule has 0 rings (SSSR count). The molecule has 14 heavy (non-hydrogen) atoms. The second-order valence-electron chi connectivity index (χ2n) is 2.90. The summed E-state index contributed by atoms with van der Waals surface area (Å²) in [5, 5.41) is 8.06. The standard InChI is InChI=1S/C6H18N5PS2/c1-2-3-4-10-12(8,14)11-5-9-6(7)13/h2-5H2,1H3,(H3,7,9,13)(H4,8,10,11,14)/p+1. The molecule has 0 amide bonds. The maximum Gasteiger partial charge on any atom is 0.249 e. The predicted octanol–water partition coefficient (Wildman–Crippen LogP) is -1.09. The minimum absolute atomic E-state index is 0.268. The normalized spacial score (nSPS) is 14.7. The third-order valence-corrected chi connectivity index (χ3v) is 3.95. The number of thiocarbonyl (C=S) groups is 1. The summed E-state index contributed by atoms with van der Waals surface area (Å²) >= 11 is 9.86. The van der Waals surface area contributed by atoms with E-state index in [1.165, 1.54) is 0 Å². The van der Waals surface area contributed by atoms with Crippen LogP contribution < -0.4 is 26.7 Å². The third-order valence-electron chi connectivity index (χ3n) is 1.53. The van der Waals surface area contributed by atoms with Crippen LogP contribution in [0.2, 0.25) is 0 Å². The second-order valence-corrected chi connectivity index (χ2v) is 7.25. The zero-order chi connectivity index (χ0) is 11.0. The Morgan fingerprint density at radius 1 is 1.57 bits per heavy atom. The minimum Gasteiger partial charge on any atom is -0.376 e. The second kappa shape index (κ2) is 7.50. The average Bonchev–Trinajstić information content (AvgIpc) is 2.03. The SMILES string of the molecule is CCCCNP(N)(=S)[NH2+]CNC(N)=S. The molecule has 8 N–H and O–H groups in total. The highest BCUT2D eigenvalue weighted by molar-refractivity contribution is 8.09. The van der Waals surface area contributed by atoms with Gasteiger partial charge in [0.2, 0.25) is 6.49 Å². The highest BCUT2D eigenvalue weighted by Crippen LogP contribution is 2.15. The van der Waals surface area contributed by atoms with E-state index in [1.807, 2.05) is 5.09 Å². The van der Waals surface area contributed by atoms with Gasteiger partial charge in [-0.15, -0.1) is 0 Å². The molecule has 0 aromatic carbocycles. The summed E-state index contributed by atoms with van der Waals surface area (Å²) in [6.07, 6.45) is 2.22. The van der Waals surface area contributed by atoms with E-state index in [-0.39, 0.29) is 5.11 Å². The first kappa shape index (κ1) is 14.2. The number of nitrogens with two attached hydrogens (primary N) is 3. The highest BCUT2D eigenvalue weighted by Gasteiger charge is 2.12. The molecule has 0 aliphatic heterocycles. The van der Waals surface area contributed by atoms with Crippen molar-refractivity contribution in [2.75, 3.05) is 13.2 Å². The Labute approximate surface area is 95.5 Å². The van der Waals surface area contributed by atoms with Gasteiger partial charge in [0.25, 0.3) is 0 Å². The van der Waals surface area contributed by atoms with Crippen molar-refractivity contribution in [2.24, 2.45) is 11.2 Å². The van der Waals surface area contributed by atoms with Crippen molar-refractivity contribution in [2.45, 2.75) is 19.8 Å². The van der Waals surface area contributed by atoms with E-state index in [2.05, 4.69) is 29.5 Å². The fourth-order valence-electron chi connectivity index (χ4n) is 0.777. The molecule has 0 fully saturated rings. The van der Waals surface area contributed by atoms with Crippen LogP contribution in [0.3, 0.4) is 0 Å². The molecule has 0 aliphatic rings. The number of nitrogens with one attached hydrogen (secondary N) is 2. The van der Waals surface area contributed by atoms with Crippen molar-refractivity contribution >= 4 is 35.6 Å². The molecule has 0 aliphatic carbocycles. The van der Waals surface area contributed by atoms with Crippen LogP contribution in [0.4, 0.5) is 0 Å². The molecule has 1 unspecified atom stereocenters. The first-order chi connectivity index (χ1) is 6.48. The van der Waals surface area contributed by atoms with Gasteiger partial charge in [-0.3, -0.25) is 5.09 Å². The van der Waals surface area contributed by atoms with Gasteiger partial charge in [0.15, 0.2) is 11.8 Å². The summed E-state index contributed by atoms with van der Waals surface area (Å²) in [6.45, 7) is 1.53. The Balaban J connectivity index is 3.61. The molecular weight excluding hydrogens is 237 g/mol. The van der Waals surface area contributed by atoms with E-state index in [0.29, 0.717) is 6.67 Å². The van der Waals surface area contributed by atoms with E-state index in [4.69, 9.17) is 23.0 Å². The Hall–Kier alpha value is 0.220. The van der Waals surface area contributed by atoms with Crippen LogP contribution in [0.1, 0.15) is 19.8 Å². The number of hydrogen-bond acceptors (Lipinski definition) is 2. The van der Waals surface area contributed by atoms with Crippen molar-refractivity contribution in [3.8, 4) is 0 Å². The van der Waals surface area contributed by atoms with E-state index < -0.39 is 6.49 Å². The largest absolute Gasteiger partial charge is 0.376 e. The Morgan fingerprint density at radius 2 is 2.21 bits per heavy atom. The summed E-state index contributed by atoms with van der Waals surface area (Å²) < 4.78 is 0. The summed E-state index contributed by atoms with van der Waals surface area (Å²) in [5.41, 5.74) is 11.1. The lowest BCUT2D eigenvalue weighted by atomic mass is 10.3. The fourth-order valence-corrected chi connectivity index (χ4v) is 2.36. The maximum atomic E-state index is 5.88. The van der Waals surface area contributed by atoms with E-state index >= 15 is 0 Å². The van der Waals surface area contributed by atoms with Gasteiger partial charge in [0.1, 0.15) is 0 Å². The van der Waals surface area contributed by atoms with E-state index in [0.717, 1.165) is 19.4 Å². The van der Waals surface area contributed by atoms with Crippen LogP contribution in [0, 0.1) is 0 Å². The number of quaternary nitrogens is 1. The van der Waals surface area contributed by atoms with Crippen molar-refractivity contribution in [1.29, 1.82) is 0 Å². The van der Waals surface area contributed by atoms with Crippen molar-refractivity contribution in [3.05, 3.63) is 0 Å². The molecule has 0 radical (unpaired) electrons. The van der Waals surface area contributed by atoms with Crippen LogP contribution in [0.5, 0.6) is 0 Å². The molecule has 0 saturated carbocycles. The molecule has 1 atom stereocenters. The molecule has 0 saturated heterocycles. The topological polar surface area (TPSA) is 92.7 Å². The summed E-state index contributed by atoms with van der Waals surface area (Å²) in [7, 11) is 0. The van der Waals surface area contributed by atoms with Gasteiger partial charge in [0.05, 0.1) is 0 Å². The minimum atomic E-state index is -2.00. The Morgan fingerprint density at radius 3 is 2.71 bits per heavy atom. The van der Waals surface area contributed by atoms with Gasteiger partial charge in [0, 0.05) is 6.54 Å². The number of hydrogen-bond donors (Lipinski definition) is 5. The molecule has 84 valence electrons. The highest BCUT2D eigenvalue weighted by atomic mass is 32.4. The maximum absolute atomic E-state index is 5.88. The Bertz CT molecular complexity index is 222. The van der Waals surface area contributed by atoms with Gasteiger partial charge in [-0.25, -0.2) is 10.6 Å². The summed E-state index contributed by atoms with van der Waals surface area (Å²) in [6, 6.07) is 0. The van der Waals surface area contributed by atoms with E-state index in [1.54, 1.807) is 0 Å². The molecule has 5 nitrogen and oxygen atoms in total. The van der Waals surface area contributed by atoms with Gasteiger partial charge in [-0.1, -0.05) is 13.3 Å². The van der Waals surface area contributed by atoms with Gasteiger partial charge >= 0.3 is 0 Å². The fraction of sp³-hybridized carbons (Fsp3) is 0.833. The molecule has 0 heterocycles. The quantitative estimate of drug-likeness (QED) is 0.172. The summed E-state index contributed by atoms with van der Waals surface area (Å²) in [5.74, 6) is 0.